The van der Waals surface area contributed by atoms with Crippen molar-refractivity contribution >= 4 is 27.4 Å². The Labute approximate surface area is 174 Å². The number of guanidine groups is 1. The van der Waals surface area contributed by atoms with E-state index in [1.807, 2.05) is 58.9 Å². The summed E-state index contributed by atoms with van der Waals surface area (Å²) in [5, 5.41) is 9.05. The molecule has 0 fully saturated rings. The summed E-state index contributed by atoms with van der Waals surface area (Å²) in [7, 11) is -3.02. The number of benzene rings is 1. The van der Waals surface area contributed by atoms with Gasteiger partial charge >= 0.3 is 0 Å². The van der Waals surface area contributed by atoms with Crippen molar-refractivity contribution in [1.82, 2.24) is 10.6 Å². The van der Waals surface area contributed by atoms with Gasteiger partial charge in [0.2, 0.25) is 5.91 Å². The largest absolute Gasteiger partial charge is 0.491 e. The average Bonchev–Trinajstić information content (AvgIpc) is 2.55. The summed E-state index contributed by atoms with van der Waals surface area (Å²) in [5.74, 6) is 1.05. The SMILES string of the molecule is CC(C)Oc1ccc(NC(=NCC(=O)NC(C)(C)C)NCCCS(C)(=O)=O)cc1. The monoisotopic (exact) mass is 426 g/mol. The zero-order chi connectivity index (χ0) is 22.1. The highest BCUT2D eigenvalue weighted by molar-refractivity contribution is 7.90. The summed E-state index contributed by atoms with van der Waals surface area (Å²) in [4.78, 5) is 16.4. The minimum atomic E-state index is -3.02. The van der Waals surface area contributed by atoms with E-state index < -0.39 is 9.84 Å². The second kappa shape index (κ2) is 11.0. The number of anilines is 1. The molecule has 0 aliphatic heterocycles. The minimum absolute atomic E-state index is 0.0484. The predicted octanol–water partition coefficient (Wildman–Crippen LogP) is 2.18. The highest BCUT2D eigenvalue weighted by Gasteiger charge is 2.13. The Morgan fingerprint density at radius 1 is 1.17 bits per heavy atom. The number of amides is 1. The maximum atomic E-state index is 12.1. The molecule has 0 bridgehead atoms. The predicted molar refractivity (Wildman–Crippen MR) is 118 cm³/mol. The molecular weight excluding hydrogens is 392 g/mol. The van der Waals surface area contributed by atoms with Gasteiger partial charge in [0.15, 0.2) is 5.96 Å². The molecule has 0 atom stereocenters. The van der Waals surface area contributed by atoms with Crippen molar-refractivity contribution in [3.05, 3.63) is 24.3 Å². The molecule has 0 aromatic heterocycles. The van der Waals surface area contributed by atoms with Crippen molar-refractivity contribution in [3.8, 4) is 5.75 Å². The Morgan fingerprint density at radius 2 is 1.79 bits per heavy atom. The van der Waals surface area contributed by atoms with Crippen molar-refractivity contribution in [3.63, 3.8) is 0 Å². The Hall–Kier alpha value is -2.29. The molecule has 8 nitrogen and oxygen atoms in total. The van der Waals surface area contributed by atoms with Crippen LogP contribution in [0.1, 0.15) is 41.0 Å². The van der Waals surface area contributed by atoms with Crippen LogP contribution in [0.25, 0.3) is 0 Å². The molecule has 29 heavy (non-hydrogen) atoms. The van der Waals surface area contributed by atoms with E-state index in [-0.39, 0.29) is 29.8 Å². The van der Waals surface area contributed by atoms with E-state index in [0.29, 0.717) is 18.9 Å². The lowest BCUT2D eigenvalue weighted by Gasteiger charge is -2.20. The van der Waals surface area contributed by atoms with Crippen LogP contribution in [0.3, 0.4) is 0 Å². The molecule has 0 saturated heterocycles. The normalized spacial score (nSPS) is 12.6. The van der Waals surface area contributed by atoms with E-state index in [9.17, 15) is 13.2 Å². The number of rotatable bonds is 9. The fourth-order valence-electron chi connectivity index (χ4n) is 2.32. The number of sulfone groups is 1. The van der Waals surface area contributed by atoms with Crippen molar-refractivity contribution in [2.75, 3.05) is 30.4 Å². The minimum Gasteiger partial charge on any atom is -0.491 e. The second-order valence-corrected chi connectivity index (χ2v) is 10.4. The van der Waals surface area contributed by atoms with Gasteiger partial charge in [0.1, 0.15) is 22.1 Å². The molecule has 1 amide bonds. The van der Waals surface area contributed by atoms with E-state index in [1.165, 1.54) is 6.26 Å². The van der Waals surface area contributed by atoms with Gasteiger partial charge < -0.3 is 20.7 Å². The molecule has 1 aromatic carbocycles. The number of hydrogen-bond donors (Lipinski definition) is 3. The van der Waals surface area contributed by atoms with Gasteiger partial charge in [-0.05, 0) is 65.3 Å². The lowest BCUT2D eigenvalue weighted by molar-refractivity contribution is -0.121. The van der Waals surface area contributed by atoms with E-state index in [2.05, 4.69) is 20.9 Å². The van der Waals surface area contributed by atoms with Gasteiger partial charge in [-0.3, -0.25) is 4.79 Å². The number of ether oxygens (including phenoxy) is 1. The molecule has 3 N–H and O–H groups in total. The van der Waals surface area contributed by atoms with Gasteiger partial charge in [-0.2, -0.15) is 0 Å². The van der Waals surface area contributed by atoms with Gasteiger partial charge in [0.25, 0.3) is 0 Å². The average molecular weight is 427 g/mol. The number of carbonyl (C=O) groups is 1. The van der Waals surface area contributed by atoms with Gasteiger partial charge in [0.05, 0.1) is 11.9 Å². The zero-order valence-corrected chi connectivity index (χ0v) is 19.0. The first-order chi connectivity index (χ1) is 13.3. The first-order valence-corrected chi connectivity index (χ1v) is 11.7. The summed E-state index contributed by atoms with van der Waals surface area (Å²) in [6.07, 6.45) is 1.73. The highest BCUT2D eigenvalue weighted by atomic mass is 32.2. The van der Waals surface area contributed by atoms with Crippen LogP contribution >= 0.6 is 0 Å². The van der Waals surface area contributed by atoms with Crippen molar-refractivity contribution in [2.24, 2.45) is 4.99 Å². The fraction of sp³-hybridized carbons (Fsp3) is 0.600. The summed E-state index contributed by atoms with van der Waals surface area (Å²) in [5.41, 5.74) is 0.432. The number of nitrogens with one attached hydrogen (secondary N) is 3. The first kappa shape index (κ1) is 24.7. The third kappa shape index (κ3) is 12.7. The standard InChI is InChI=1S/C20H34N4O4S/c1-15(2)28-17-10-8-16(9-11-17)23-19(21-12-7-13-29(6,26)27)22-14-18(25)24-20(3,4)5/h8-11,15H,7,12-14H2,1-6H3,(H,24,25)(H2,21,22,23). The second-order valence-electron chi connectivity index (χ2n) is 8.19. The van der Waals surface area contributed by atoms with Crippen LogP contribution in [0.4, 0.5) is 5.69 Å². The Bertz CT molecular complexity index is 782. The highest BCUT2D eigenvalue weighted by Crippen LogP contribution is 2.16. The Morgan fingerprint density at radius 3 is 2.31 bits per heavy atom. The Balaban J connectivity index is 2.77. The van der Waals surface area contributed by atoms with Crippen molar-refractivity contribution < 1.29 is 17.9 Å². The molecule has 0 aliphatic carbocycles. The van der Waals surface area contributed by atoms with Crippen LogP contribution in [0.5, 0.6) is 5.75 Å². The van der Waals surface area contributed by atoms with E-state index in [4.69, 9.17) is 4.74 Å². The molecular formula is C20H34N4O4S. The molecule has 0 heterocycles. The number of carbonyl (C=O) groups excluding carboxylic acids is 1. The molecule has 0 aliphatic rings. The van der Waals surface area contributed by atoms with Gasteiger partial charge in [-0.25, -0.2) is 13.4 Å². The third-order valence-electron chi connectivity index (χ3n) is 3.37. The summed E-state index contributed by atoms with van der Waals surface area (Å²) < 4.78 is 28.2. The van der Waals surface area contributed by atoms with Crippen LogP contribution in [-0.4, -0.2) is 57.0 Å². The van der Waals surface area contributed by atoms with Crippen LogP contribution in [0, 0.1) is 0 Å². The van der Waals surface area contributed by atoms with E-state index in [0.717, 1.165) is 11.4 Å². The summed E-state index contributed by atoms with van der Waals surface area (Å²) in [6.45, 7) is 9.98. The van der Waals surface area contributed by atoms with Crippen LogP contribution in [0.2, 0.25) is 0 Å². The summed E-state index contributed by atoms with van der Waals surface area (Å²) in [6, 6.07) is 7.38. The van der Waals surface area contributed by atoms with E-state index >= 15 is 0 Å². The van der Waals surface area contributed by atoms with E-state index in [1.54, 1.807) is 0 Å². The molecule has 0 saturated carbocycles. The fourth-order valence-corrected chi connectivity index (χ4v) is 2.98. The number of nitrogens with zero attached hydrogens (tertiary/aromatic N) is 1. The number of aliphatic imine (C=N–C) groups is 1. The first-order valence-electron chi connectivity index (χ1n) is 9.65. The van der Waals surface area contributed by atoms with Crippen LogP contribution in [-0.2, 0) is 14.6 Å². The smallest absolute Gasteiger partial charge is 0.242 e. The number of hydrogen-bond acceptors (Lipinski definition) is 5. The summed E-state index contributed by atoms with van der Waals surface area (Å²) >= 11 is 0. The molecule has 1 aromatic rings. The quantitative estimate of drug-likeness (QED) is 0.317. The van der Waals surface area contributed by atoms with Gasteiger partial charge in [0, 0.05) is 24.0 Å². The van der Waals surface area contributed by atoms with Crippen molar-refractivity contribution in [1.29, 1.82) is 0 Å². The maximum absolute atomic E-state index is 12.1. The van der Waals surface area contributed by atoms with Gasteiger partial charge in [-0.15, -0.1) is 0 Å². The molecule has 0 radical (unpaired) electrons. The van der Waals surface area contributed by atoms with Crippen LogP contribution in [0.15, 0.2) is 29.3 Å². The molecule has 0 unspecified atom stereocenters. The Kier molecular flexibility index (Phi) is 9.42. The zero-order valence-electron chi connectivity index (χ0n) is 18.2. The third-order valence-corrected chi connectivity index (χ3v) is 4.40. The van der Waals surface area contributed by atoms with Gasteiger partial charge in [-0.1, -0.05) is 0 Å². The maximum Gasteiger partial charge on any atom is 0.242 e. The lowest BCUT2D eigenvalue weighted by Crippen LogP contribution is -2.42. The topological polar surface area (TPSA) is 109 Å². The van der Waals surface area contributed by atoms with Crippen LogP contribution < -0.4 is 20.7 Å². The molecule has 0 spiro atoms. The molecule has 164 valence electrons. The van der Waals surface area contributed by atoms with Crippen molar-refractivity contribution in [2.45, 2.75) is 52.7 Å². The lowest BCUT2D eigenvalue weighted by atomic mass is 10.1. The molecule has 1 rings (SSSR count). The molecule has 9 heteroatoms.